The van der Waals surface area contributed by atoms with Gasteiger partial charge in [0.2, 0.25) is 0 Å². The van der Waals surface area contributed by atoms with Gasteiger partial charge in [0.05, 0.1) is 5.97 Å². The van der Waals surface area contributed by atoms with E-state index in [-0.39, 0.29) is 17.1 Å². The maximum atomic E-state index is 9.14. The van der Waals surface area contributed by atoms with E-state index in [1.54, 1.807) is 0 Å². The van der Waals surface area contributed by atoms with E-state index >= 15 is 0 Å². The molecular formula is C3H3FeO2-. The summed E-state index contributed by atoms with van der Waals surface area (Å²) >= 11 is 0. The van der Waals surface area contributed by atoms with Gasteiger partial charge in [-0.15, -0.1) is 0 Å². The van der Waals surface area contributed by atoms with Crippen molar-refractivity contribution in [1.29, 1.82) is 0 Å². The van der Waals surface area contributed by atoms with Crippen LogP contribution >= 0.6 is 0 Å². The van der Waals surface area contributed by atoms with Crippen LogP contribution in [0.4, 0.5) is 0 Å². The molecule has 0 amide bonds. The summed E-state index contributed by atoms with van der Waals surface area (Å²) in [4.78, 5) is 9.14. The second-order valence-electron chi connectivity index (χ2n) is 0.523. The molecular weight excluding hydrogens is 124 g/mol. The molecule has 0 fully saturated rings. The van der Waals surface area contributed by atoms with Crippen LogP contribution in [0.5, 0.6) is 0 Å². The average molecular weight is 127 g/mol. The van der Waals surface area contributed by atoms with Gasteiger partial charge in [0.1, 0.15) is 0 Å². The molecule has 0 heterocycles. The summed E-state index contributed by atoms with van der Waals surface area (Å²) in [5, 5.41) is 9.14. The van der Waals surface area contributed by atoms with Gasteiger partial charge in [-0.3, -0.25) is 0 Å². The molecule has 0 saturated carbocycles. The van der Waals surface area contributed by atoms with Crippen LogP contribution in [0, 0.1) is 0 Å². The van der Waals surface area contributed by atoms with Gasteiger partial charge in [0.25, 0.3) is 0 Å². The molecule has 0 spiro atoms. The molecule has 0 saturated heterocycles. The van der Waals surface area contributed by atoms with Gasteiger partial charge < -0.3 is 9.90 Å². The van der Waals surface area contributed by atoms with E-state index in [0.29, 0.717) is 0 Å². The third-order valence-electron chi connectivity index (χ3n) is 0.167. The summed E-state index contributed by atoms with van der Waals surface area (Å²) in [6.45, 7) is 2.90. The molecule has 0 aliphatic heterocycles. The third kappa shape index (κ3) is 9.29. The Bertz CT molecular complexity index is 59.8. The average Bonchev–Trinajstić information content (AvgIpc) is 1.38. The molecule has 36 valence electrons. The van der Waals surface area contributed by atoms with Crippen LogP contribution in [0.15, 0.2) is 12.7 Å². The summed E-state index contributed by atoms with van der Waals surface area (Å²) in [5.41, 5.74) is 0. The van der Waals surface area contributed by atoms with Crippen molar-refractivity contribution in [2.45, 2.75) is 0 Å². The molecule has 0 bridgehead atoms. The van der Waals surface area contributed by atoms with E-state index in [1.165, 1.54) is 0 Å². The molecule has 0 atom stereocenters. The SMILES string of the molecule is C=CC(=O)[O-].[Fe]. The van der Waals surface area contributed by atoms with E-state index in [9.17, 15) is 0 Å². The first-order valence-electron chi connectivity index (χ1n) is 1.11. The molecule has 0 aliphatic rings. The maximum Gasteiger partial charge on any atom is 0.0636 e. The van der Waals surface area contributed by atoms with Gasteiger partial charge >= 0.3 is 0 Å². The van der Waals surface area contributed by atoms with Crippen LogP contribution in [-0.4, -0.2) is 5.97 Å². The monoisotopic (exact) mass is 127 g/mol. The summed E-state index contributed by atoms with van der Waals surface area (Å²) in [6, 6.07) is 0. The fourth-order valence-corrected chi connectivity index (χ4v) is 0. The van der Waals surface area contributed by atoms with Crippen LogP contribution in [0.3, 0.4) is 0 Å². The number of rotatable bonds is 1. The number of aliphatic carboxylic acids is 1. The van der Waals surface area contributed by atoms with Crippen LogP contribution in [0.2, 0.25) is 0 Å². The van der Waals surface area contributed by atoms with Crippen molar-refractivity contribution in [2.75, 3.05) is 0 Å². The van der Waals surface area contributed by atoms with E-state index < -0.39 is 5.97 Å². The van der Waals surface area contributed by atoms with Gasteiger partial charge in [-0.2, -0.15) is 0 Å². The zero-order chi connectivity index (χ0) is 4.28. The van der Waals surface area contributed by atoms with Gasteiger partial charge in [0, 0.05) is 17.1 Å². The third-order valence-corrected chi connectivity index (χ3v) is 0.167. The fraction of sp³-hybridized carbons (Fsp3) is 0. The van der Waals surface area contributed by atoms with E-state index in [1.807, 2.05) is 0 Å². The predicted octanol–water partition coefficient (Wildman–Crippen LogP) is -1.08. The van der Waals surface area contributed by atoms with Gasteiger partial charge in [0.15, 0.2) is 0 Å². The number of hydrogen-bond acceptors (Lipinski definition) is 2. The van der Waals surface area contributed by atoms with E-state index in [0.717, 1.165) is 6.08 Å². The minimum Gasteiger partial charge on any atom is -0.545 e. The van der Waals surface area contributed by atoms with Crippen molar-refractivity contribution >= 4 is 5.97 Å². The maximum absolute atomic E-state index is 9.14. The van der Waals surface area contributed by atoms with E-state index in [2.05, 4.69) is 6.58 Å². The molecule has 0 aliphatic carbocycles. The van der Waals surface area contributed by atoms with Crippen molar-refractivity contribution in [3.05, 3.63) is 12.7 Å². The summed E-state index contributed by atoms with van der Waals surface area (Å²) in [6.07, 6.45) is 0.722. The number of carbonyl (C=O) groups is 1. The molecule has 0 unspecified atom stereocenters. The Kier molecular flexibility index (Phi) is 7.26. The topological polar surface area (TPSA) is 40.1 Å². The van der Waals surface area contributed by atoms with E-state index in [4.69, 9.17) is 9.90 Å². The van der Waals surface area contributed by atoms with Gasteiger partial charge in [-0.25, -0.2) is 0 Å². The second-order valence-corrected chi connectivity index (χ2v) is 0.523. The standard InChI is InChI=1S/C3H4O2.Fe/c1-2-3(4)5;/h2H,1H2,(H,4,5);/p-1. The normalized spacial score (nSPS) is 5.33. The zero-order valence-electron chi connectivity index (χ0n) is 2.95. The quantitative estimate of drug-likeness (QED) is 0.332. The van der Waals surface area contributed by atoms with Crippen molar-refractivity contribution < 1.29 is 27.0 Å². The predicted molar refractivity (Wildman–Crippen MR) is 15.2 cm³/mol. The fourth-order valence-electron chi connectivity index (χ4n) is 0. The first-order chi connectivity index (χ1) is 2.27. The molecule has 0 N–H and O–H groups in total. The zero-order valence-corrected chi connectivity index (χ0v) is 4.06. The Morgan fingerprint density at radius 3 is 2.00 bits per heavy atom. The molecule has 0 radical (unpaired) electrons. The molecule has 0 rings (SSSR count). The van der Waals surface area contributed by atoms with Crippen molar-refractivity contribution in [3.63, 3.8) is 0 Å². The molecule has 6 heavy (non-hydrogen) atoms. The first kappa shape index (κ1) is 9.21. The molecule has 0 aromatic heterocycles. The van der Waals surface area contributed by atoms with Crippen LogP contribution < -0.4 is 5.11 Å². The van der Waals surface area contributed by atoms with Crippen LogP contribution in [-0.2, 0) is 21.9 Å². The van der Waals surface area contributed by atoms with Gasteiger partial charge in [-0.05, 0) is 6.08 Å². The minimum absolute atomic E-state index is 0. The number of carbonyl (C=O) groups excluding carboxylic acids is 1. The summed E-state index contributed by atoms with van der Waals surface area (Å²) in [7, 11) is 0. The first-order valence-corrected chi connectivity index (χ1v) is 1.11. The van der Waals surface area contributed by atoms with Crippen LogP contribution in [0.25, 0.3) is 0 Å². The second kappa shape index (κ2) is 4.73. The number of carboxylic acid groups (broad SMARTS) is 1. The Morgan fingerprint density at radius 2 is 2.00 bits per heavy atom. The Morgan fingerprint density at radius 1 is 1.83 bits per heavy atom. The Labute approximate surface area is 46.3 Å². The van der Waals surface area contributed by atoms with Crippen molar-refractivity contribution in [1.82, 2.24) is 0 Å². The molecule has 3 heteroatoms. The molecule has 0 aromatic carbocycles. The van der Waals surface area contributed by atoms with Crippen LogP contribution in [0.1, 0.15) is 0 Å². The largest absolute Gasteiger partial charge is 0.545 e. The Hall–Kier alpha value is -0.271. The Balaban J connectivity index is 0. The van der Waals surface area contributed by atoms with Gasteiger partial charge in [-0.1, -0.05) is 6.58 Å². The van der Waals surface area contributed by atoms with Crippen molar-refractivity contribution in [2.24, 2.45) is 0 Å². The smallest absolute Gasteiger partial charge is 0.0636 e. The molecule has 2 nitrogen and oxygen atoms in total. The number of hydrogen-bond donors (Lipinski definition) is 0. The summed E-state index contributed by atoms with van der Waals surface area (Å²) < 4.78 is 0. The minimum atomic E-state index is -1.23. The van der Waals surface area contributed by atoms with Crippen molar-refractivity contribution in [3.8, 4) is 0 Å². The molecule has 0 aromatic rings. The number of carboxylic acids is 1. The summed E-state index contributed by atoms with van der Waals surface area (Å²) in [5.74, 6) is -1.23.